The molecule has 198 valence electrons. The van der Waals surface area contributed by atoms with E-state index in [9.17, 15) is 4.39 Å². The van der Waals surface area contributed by atoms with Crippen molar-refractivity contribution in [2.45, 2.75) is 96.0 Å². The zero-order chi connectivity index (χ0) is 26.0. The van der Waals surface area contributed by atoms with Crippen LogP contribution >= 0.6 is 12.2 Å². The van der Waals surface area contributed by atoms with Gasteiger partial charge in [-0.05, 0) is 94.6 Å². The molecule has 37 heavy (non-hydrogen) atoms. The van der Waals surface area contributed by atoms with Gasteiger partial charge < -0.3 is 15.0 Å². The summed E-state index contributed by atoms with van der Waals surface area (Å²) in [5.74, 6) is 1.65. The highest BCUT2D eigenvalue weighted by Gasteiger charge is 2.53. The summed E-state index contributed by atoms with van der Waals surface area (Å²) in [4.78, 5) is 9.97. The Morgan fingerprint density at radius 3 is 2.65 bits per heavy atom. The molecule has 0 aromatic heterocycles. The maximum Gasteiger partial charge on any atom is 0.179 e. The first-order chi connectivity index (χ1) is 17.8. The molecule has 3 aliphatic rings. The second kappa shape index (κ2) is 11.1. The topological polar surface area (TPSA) is 40.1 Å². The minimum atomic E-state index is -0.388. The Kier molecular flexibility index (Phi) is 7.82. The Morgan fingerprint density at radius 1 is 1.14 bits per heavy atom. The van der Waals surface area contributed by atoms with Crippen molar-refractivity contribution >= 4 is 28.9 Å². The van der Waals surface area contributed by atoms with Crippen LogP contribution in [0.1, 0.15) is 71.3 Å². The Balaban J connectivity index is 1.42. The van der Waals surface area contributed by atoms with Crippen LogP contribution in [-0.2, 0) is 6.54 Å². The van der Waals surface area contributed by atoms with Crippen molar-refractivity contribution in [3.8, 4) is 5.75 Å². The SMILES string of the molecule is CC(C)Oc1cccc(CN2CC[C@@]3(C[C@@H]2C)C(=NC2CCCCC2)NC(=S)N3c2cccc(F)c2)c1. The summed E-state index contributed by atoms with van der Waals surface area (Å²) in [5.41, 5.74) is 1.66. The fourth-order valence-corrected chi connectivity index (χ4v) is 6.62. The van der Waals surface area contributed by atoms with Gasteiger partial charge in [-0.15, -0.1) is 0 Å². The van der Waals surface area contributed by atoms with Gasteiger partial charge in [0.05, 0.1) is 12.1 Å². The van der Waals surface area contributed by atoms with E-state index in [1.165, 1.54) is 30.9 Å². The highest BCUT2D eigenvalue weighted by Crippen LogP contribution is 2.41. The number of hydrogen-bond donors (Lipinski definition) is 1. The van der Waals surface area contributed by atoms with Crippen molar-refractivity contribution in [3.63, 3.8) is 0 Å². The molecule has 0 bridgehead atoms. The molecule has 5 nitrogen and oxygen atoms in total. The molecule has 3 fully saturated rings. The molecule has 1 spiro atoms. The van der Waals surface area contributed by atoms with Crippen molar-refractivity contribution in [1.29, 1.82) is 0 Å². The van der Waals surface area contributed by atoms with Gasteiger partial charge in [0.25, 0.3) is 0 Å². The molecule has 2 aromatic carbocycles. The van der Waals surface area contributed by atoms with Crippen molar-refractivity contribution in [2.75, 3.05) is 11.4 Å². The van der Waals surface area contributed by atoms with E-state index in [0.717, 1.165) is 56.0 Å². The van der Waals surface area contributed by atoms with Gasteiger partial charge in [0, 0.05) is 24.8 Å². The lowest BCUT2D eigenvalue weighted by Gasteiger charge is -2.47. The zero-order valence-electron chi connectivity index (χ0n) is 22.3. The summed E-state index contributed by atoms with van der Waals surface area (Å²) < 4.78 is 20.3. The van der Waals surface area contributed by atoms with Gasteiger partial charge in [0.1, 0.15) is 22.9 Å². The van der Waals surface area contributed by atoms with Crippen LogP contribution in [0.25, 0.3) is 0 Å². The van der Waals surface area contributed by atoms with E-state index in [2.05, 4.69) is 54.1 Å². The number of nitrogens with zero attached hydrogens (tertiary/aromatic N) is 3. The third-order valence-electron chi connectivity index (χ3n) is 7.97. The number of anilines is 1. The van der Waals surface area contributed by atoms with Crippen LogP contribution < -0.4 is 15.0 Å². The second-order valence-corrected chi connectivity index (χ2v) is 11.5. The van der Waals surface area contributed by atoms with Crippen molar-refractivity contribution in [3.05, 3.63) is 59.9 Å². The molecule has 0 radical (unpaired) electrons. The predicted octanol–water partition coefficient (Wildman–Crippen LogP) is 6.46. The Bertz CT molecular complexity index is 1150. The number of benzene rings is 2. The number of amidine groups is 1. The Hall–Kier alpha value is -2.51. The summed E-state index contributed by atoms with van der Waals surface area (Å²) in [5, 5.41) is 4.11. The molecule has 7 heteroatoms. The number of ether oxygens (including phenoxy) is 1. The van der Waals surface area contributed by atoms with Gasteiger partial charge in [-0.1, -0.05) is 37.5 Å². The number of likely N-dealkylation sites (tertiary alicyclic amines) is 1. The van der Waals surface area contributed by atoms with Crippen LogP contribution in [0.4, 0.5) is 10.1 Å². The lowest BCUT2D eigenvalue weighted by molar-refractivity contribution is 0.125. The van der Waals surface area contributed by atoms with Crippen LogP contribution in [0.2, 0.25) is 0 Å². The van der Waals surface area contributed by atoms with Crippen LogP contribution in [0, 0.1) is 5.82 Å². The number of hydrogen-bond acceptors (Lipinski definition) is 4. The highest BCUT2D eigenvalue weighted by molar-refractivity contribution is 7.80. The fourth-order valence-electron chi connectivity index (χ4n) is 6.24. The molecule has 5 rings (SSSR count). The molecule has 2 aromatic rings. The first kappa shape index (κ1) is 26.1. The third-order valence-corrected chi connectivity index (χ3v) is 8.26. The molecule has 0 unspecified atom stereocenters. The molecule has 2 heterocycles. The second-order valence-electron chi connectivity index (χ2n) is 11.1. The first-order valence-electron chi connectivity index (χ1n) is 13.8. The van der Waals surface area contributed by atoms with E-state index in [1.54, 1.807) is 12.1 Å². The Labute approximate surface area is 226 Å². The number of halogens is 1. The zero-order valence-corrected chi connectivity index (χ0v) is 23.1. The van der Waals surface area contributed by atoms with E-state index >= 15 is 0 Å². The summed E-state index contributed by atoms with van der Waals surface area (Å²) in [6.07, 6.45) is 7.91. The van der Waals surface area contributed by atoms with Crippen LogP contribution in [0.5, 0.6) is 5.75 Å². The standard InChI is InChI=1S/C30H39FN4OS/c1-21(2)36-27-14-7-9-23(17-27)20-34-16-15-30(19-22(34)3)28(32-25-11-5-4-6-12-25)33-29(37)35(30)26-13-8-10-24(31)18-26/h7-10,13-14,17-18,21-22,25H,4-6,11-12,15-16,19-20H2,1-3H3,(H,32,33,37)/t22-,30+/m0/s1. The summed E-state index contributed by atoms with van der Waals surface area (Å²) in [6, 6.07) is 15.8. The lowest BCUT2D eigenvalue weighted by atomic mass is 9.81. The molecule has 2 aliphatic heterocycles. The number of aliphatic imine (C=N–C) groups is 1. The fraction of sp³-hybridized carbons (Fsp3) is 0.533. The minimum absolute atomic E-state index is 0.151. The van der Waals surface area contributed by atoms with Gasteiger partial charge in [0.15, 0.2) is 5.11 Å². The summed E-state index contributed by atoms with van der Waals surface area (Å²) >= 11 is 5.87. The van der Waals surface area contributed by atoms with Crippen molar-refractivity contribution in [1.82, 2.24) is 10.2 Å². The molecule has 1 saturated carbocycles. The first-order valence-corrected chi connectivity index (χ1v) is 14.2. The van der Waals surface area contributed by atoms with Gasteiger partial charge in [0.2, 0.25) is 0 Å². The van der Waals surface area contributed by atoms with Crippen molar-refractivity contribution in [2.24, 2.45) is 4.99 Å². The average Bonchev–Trinajstić information content (AvgIpc) is 3.11. The quantitative estimate of drug-likeness (QED) is 0.441. The van der Waals surface area contributed by atoms with Gasteiger partial charge >= 0.3 is 0 Å². The largest absolute Gasteiger partial charge is 0.491 e. The van der Waals surface area contributed by atoms with Crippen molar-refractivity contribution < 1.29 is 9.13 Å². The van der Waals surface area contributed by atoms with E-state index in [4.69, 9.17) is 21.9 Å². The molecular weight excluding hydrogens is 483 g/mol. The van der Waals surface area contributed by atoms with Crippen LogP contribution in [0.3, 0.4) is 0 Å². The molecule has 1 N–H and O–H groups in total. The summed E-state index contributed by atoms with van der Waals surface area (Å²) in [6.45, 7) is 8.15. The lowest BCUT2D eigenvalue weighted by Crippen LogP contribution is -2.59. The molecular formula is C30H39FN4OS. The van der Waals surface area contributed by atoms with Gasteiger partial charge in [-0.25, -0.2) is 4.39 Å². The number of thiocarbonyl (C=S) groups is 1. The van der Waals surface area contributed by atoms with Crippen LogP contribution in [0.15, 0.2) is 53.5 Å². The Morgan fingerprint density at radius 2 is 1.92 bits per heavy atom. The van der Waals surface area contributed by atoms with E-state index in [1.807, 2.05) is 12.1 Å². The number of piperidine rings is 1. The monoisotopic (exact) mass is 522 g/mol. The van der Waals surface area contributed by atoms with Gasteiger partial charge in [-0.2, -0.15) is 0 Å². The number of rotatable bonds is 6. The average molecular weight is 523 g/mol. The van der Waals surface area contributed by atoms with E-state index in [0.29, 0.717) is 17.2 Å². The molecule has 2 atom stereocenters. The normalized spacial score (nSPS) is 26.3. The third kappa shape index (κ3) is 5.68. The molecule has 0 amide bonds. The van der Waals surface area contributed by atoms with Crippen LogP contribution in [-0.4, -0.2) is 46.1 Å². The molecule has 1 aliphatic carbocycles. The van der Waals surface area contributed by atoms with E-state index < -0.39 is 0 Å². The smallest absolute Gasteiger partial charge is 0.179 e. The minimum Gasteiger partial charge on any atom is -0.491 e. The maximum absolute atomic E-state index is 14.3. The summed E-state index contributed by atoms with van der Waals surface area (Å²) in [7, 11) is 0. The maximum atomic E-state index is 14.3. The highest BCUT2D eigenvalue weighted by atomic mass is 32.1. The number of nitrogens with one attached hydrogen (secondary N) is 1. The van der Waals surface area contributed by atoms with E-state index in [-0.39, 0.29) is 17.5 Å². The predicted molar refractivity (Wildman–Crippen MR) is 153 cm³/mol. The molecule has 2 saturated heterocycles. The van der Waals surface area contributed by atoms with Gasteiger partial charge in [-0.3, -0.25) is 9.89 Å².